The molecule has 0 aliphatic carbocycles. The van der Waals surface area contributed by atoms with Crippen LogP contribution in [0.3, 0.4) is 0 Å². The summed E-state index contributed by atoms with van der Waals surface area (Å²) in [6.45, 7) is 1.62. The fourth-order valence-corrected chi connectivity index (χ4v) is 3.27. The quantitative estimate of drug-likeness (QED) is 0.0911. The Bertz CT molecular complexity index is 596. The van der Waals surface area contributed by atoms with Gasteiger partial charge in [0.25, 0.3) is 0 Å². The standard InChI is InChI=1S/C18H35N5O6S2/c1-10(24)14(18(28)29)23-16(26)12(5-3-4-7-19)21-17(27)13(9-30)22-15(25)11(20)6-8-31-2/h10-14,24,30H,3-9,19-20H2,1-2H3,(H,21,27)(H,22,25)(H,23,26)(H,28,29). The van der Waals surface area contributed by atoms with Gasteiger partial charge in [-0.1, -0.05) is 0 Å². The van der Waals surface area contributed by atoms with Gasteiger partial charge in [-0.25, -0.2) is 4.79 Å². The van der Waals surface area contributed by atoms with Gasteiger partial charge in [-0.15, -0.1) is 0 Å². The Hall–Kier alpha value is -1.54. The van der Waals surface area contributed by atoms with Gasteiger partial charge >= 0.3 is 5.97 Å². The van der Waals surface area contributed by atoms with Crippen molar-refractivity contribution in [2.45, 2.75) is 62.9 Å². The number of thiol groups is 1. The van der Waals surface area contributed by atoms with Crippen LogP contribution in [0.2, 0.25) is 0 Å². The Morgan fingerprint density at radius 3 is 2.06 bits per heavy atom. The van der Waals surface area contributed by atoms with Gasteiger partial charge in [0.2, 0.25) is 17.7 Å². The van der Waals surface area contributed by atoms with E-state index in [1.54, 1.807) is 11.8 Å². The molecule has 11 nitrogen and oxygen atoms in total. The molecule has 5 atom stereocenters. The van der Waals surface area contributed by atoms with E-state index in [2.05, 4.69) is 28.6 Å². The van der Waals surface area contributed by atoms with E-state index in [0.717, 1.165) is 0 Å². The fourth-order valence-electron chi connectivity index (χ4n) is 2.53. The number of aliphatic hydroxyl groups is 1. The number of unbranched alkanes of at least 4 members (excludes halogenated alkanes) is 1. The van der Waals surface area contributed by atoms with Crippen molar-refractivity contribution < 1.29 is 29.4 Å². The highest BCUT2D eigenvalue weighted by Crippen LogP contribution is 2.05. The van der Waals surface area contributed by atoms with E-state index in [1.807, 2.05) is 6.26 Å². The number of amides is 3. The third kappa shape index (κ3) is 11.6. The summed E-state index contributed by atoms with van der Waals surface area (Å²) in [4.78, 5) is 48.7. The molecule has 5 unspecified atom stereocenters. The molecule has 0 aliphatic rings. The van der Waals surface area contributed by atoms with E-state index in [-0.39, 0.29) is 12.2 Å². The lowest BCUT2D eigenvalue weighted by Crippen LogP contribution is -2.58. The van der Waals surface area contributed by atoms with Crippen molar-refractivity contribution in [1.82, 2.24) is 16.0 Å². The van der Waals surface area contributed by atoms with Crippen LogP contribution in [-0.4, -0.2) is 88.5 Å². The first-order valence-electron chi connectivity index (χ1n) is 9.96. The average Bonchev–Trinajstić information content (AvgIpc) is 2.72. The van der Waals surface area contributed by atoms with Crippen LogP contribution < -0.4 is 27.4 Å². The highest BCUT2D eigenvalue weighted by Gasteiger charge is 2.31. The molecule has 0 heterocycles. The number of hydrogen-bond acceptors (Lipinski definition) is 9. The predicted molar refractivity (Wildman–Crippen MR) is 123 cm³/mol. The van der Waals surface area contributed by atoms with E-state index in [0.29, 0.717) is 31.6 Å². The molecule has 0 saturated heterocycles. The summed E-state index contributed by atoms with van der Waals surface area (Å²) in [6, 6.07) is -4.43. The fraction of sp³-hybridized carbons (Fsp3) is 0.778. The maximum Gasteiger partial charge on any atom is 0.328 e. The molecule has 0 aromatic carbocycles. The van der Waals surface area contributed by atoms with Crippen molar-refractivity contribution >= 4 is 48.1 Å². The van der Waals surface area contributed by atoms with Crippen molar-refractivity contribution in [3.8, 4) is 0 Å². The van der Waals surface area contributed by atoms with E-state index >= 15 is 0 Å². The molecular formula is C18H35N5O6S2. The Kier molecular flexibility index (Phi) is 15.3. The number of thioether (sulfide) groups is 1. The Balaban J connectivity index is 5.20. The average molecular weight is 482 g/mol. The molecule has 0 saturated carbocycles. The van der Waals surface area contributed by atoms with Crippen molar-refractivity contribution in [3.05, 3.63) is 0 Å². The number of carbonyl (C=O) groups excluding carboxylic acids is 3. The number of hydrogen-bond donors (Lipinski definition) is 8. The second kappa shape index (κ2) is 16.1. The van der Waals surface area contributed by atoms with Crippen molar-refractivity contribution in [2.24, 2.45) is 11.5 Å². The summed E-state index contributed by atoms with van der Waals surface area (Å²) in [7, 11) is 0. The molecule has 0 aromatic heterocycles. The monoisotopic (exact) mass is 481 g/mol. The minimum absolute atomic E-state index is 0.0324. The lowest BCUT2D eigenvalue weighted by molar-refractivity contribution is -0.145. The van der Waals surface area contributed by atoms with Crippen molar-refractivity contribution in [2.75, 3.05) is 24.3 Å². The number of aliphatic hydroxyl groups excluding tert-OH is 1. The second-order valence-corrected chi connectivity index (χ2v) is 8.39. The maximum absolute atomic E-state index is 12.7. The molecule has 0 rings (SSSR count). The molecule has 0 aromatic rings. The summed E-state index contributed by atoms with van der Waals surface area (Å²) in [5.41, 5.74) is 11.3. The SMILES string of the molecule is CSCCC(N)C(=O)NC(CS)C(=O)NC(CCCCN)C(=O)NC(C(=O)O)C(C)O. The molecule has 31 heavy (non-hydrogen) atoms. The number of nitrogens with one attached hydrogen (secondary N) is 3. The summed E-state index contributed by atoms with van der Waals surface area (Å²) < 4.78 is 0. The number of carboxylic acids is 1. The van der Waals surface area contributed by atoms with Gasteiger partial charge in [0.1, 0.15) is 12.1 Å². The van der Waals surface area contributed by atoms with Gasteiger partial charge in [-0.2, -0.15) is 24.4 Å². The lowest BCUT2D eigenvalue weighted by Gasteiger charge is -2.25. The normalized spacial score (nSPS) is 15.8. The topological polar surface area (TPSA) is 197 Å². The first-order chi connectivity index (χ1) is 14.6. The van der Waals surface area contributed by atoms with Crippen LogP contribution in [-0.2, 0) is 19.2 Å². The molecule has 180 valence electrons. The smallest absolute Gasteiger partial charge is 0.328 e. The third-order valence-corrected chi connectivity index (χ3v) is 5.42. The van der Waals surface area contributed by atoms with Gasteiger partial charge in [-0.05, 0) is 51.2 Å². The third-order valence-electron chi connectivity index (χ3n) is 4.41. The summed E-state index contributed by atoms with van der Waals surface area (Å²) in [5, 5.41) is 26.0. The van der Waals surface area contributed by atoms with E-state index in [9.17, 15) is 24.3 Å². The largest absolute Gasteiger partial charge is 0.480 e. The number of carbonyl (C=O) groups is 4. The first-order valence-corrected chi connectivity index (χ1v) is 12.0. The van der Waals surface area contributed by atoms with E-state index in [1.165, 1.54) is 6.92 Å². The highest BCUT2D eigenvalue weighted by molar-refractivity contribution is 7.98. The predicted octanol–water partition coefficient (Wildman–Crippen LogP) is -1.95. The molecular weight excluding hydrogens is 446 g/mol. The maximum atomic E-state index is 12.7. The van der Waals surface area contributed by atoms with Crippen LogP contribution in [0, 0.1) is 0 Å². The zero-order chi connectivity index (χ0) is 24.0. The van der Waals surface area contributed by atoms with E-state index in [4.69, 9.17) is 16.6 Å². The Labute approximate surface area is 192 Å². The van der Waals surface area contributed by atoms with Crippen LogP contribution in [0.15, 0.2) is 0 Å². The molecule has 0 bridgehead atoms. The highest BCUT2D eigenvalue weighted by atomic mass is 32.2. The van der Waals surface area contributed by atoms with Crippen molar-refractivity contribution in [1.29, 1.82) is 0 Å². The van der Waals surface area contributed by atoms with Gasteiger partial charge < -0.3 is 37.6 Å². The Morgan fingerprint density at radius 2 is 1.58 bits per heavy atom. The lowest BCUT2D eigenvalue weighted by atomic mass is 10.1. The number of rotatable bonds is 16. The molecule has 9 N–H and O–H groups in total. The van der Waals surface area contributed by atoms with Gasteiger partial charge in [0.05, 0.1) is 12.1 Å². The van der Waals surface area contributed by atoms with Gasteiger partial charge in [0.15, 0.2) is 6.04 Å². The molecule has 0 aliphatic heterocycles. The minimum atomic E-state index is -1.53. The van der Waals surface area contributed by atoms with Crippen LogP contribution in [0.25, 0.3) is 0 Å². The Morgan fingerprint density at radius 1 is 1.00 bits per heavy atom. The second-order valence-electron chi connectivity index (χ2n) is 7.04. The van der Waals surface area contributed by atoms with Gasteiger partial charge in [-0.3, -0.25) is 14.4 Å². The van der Waals surface area contributed by atoms with Gasteiger partial charge in [0, 0.05) is 5.75 Å². The summed E-state index contributed by atoms with van der Waals surface area (Å²) in [5.74, 6) is -2.68. The number of carboxylic acid groups (broad SMARTS) is 1. The summed E-state index contributed by atoms with van der Waals surface area (Å²) >= 11 is 5.63. The molecule has 0 radical (unpaired) electrons. The molecule has 3 amide bonds. The van der Waals surface area contributed by atoms with Crippen LogP contribution in [0.1, 0.15) is 32.6 Å². The molecule has 0 spiro atoms. The molecule has 13 heteroatoms. The summed E-state index contributed by atoms with van der Waals surface area (Å²) in [6.07, 6.45) is 2.27. The number of aliphatic carboxylic acids is 1. The van der Waals surface area contributed by atoms with Crippen LogP contribution >= 0.6 is 24.4 Å². The molecule has 0 fully saturated rings. The van der Waals surface area contributed by atoms with Crippen molar-refractivity contribution in [3.63, 3.8) is 0 Å². The number of nitrogens with two attached hydrogens (primary N) is 2. The van der Waals surface area contributed by atoms with Crippen LogP contribution in [0.5, 0.6) is 0 Å². The van der Waals surface area contributed by atoms with Crippen LogP contribution in [0.4, 0.5) is 0 Å². The minimum Gasteiger partial charge on any atom is -0.480 e. The zero-order valence-corrected chi connectivity index (χ0v) is 19.6. The first kappa shape index (κ1) is 29.5. The zero-order valence-electron chi connectivity index (χ0n) is 17.9. The van der Waals surface area contributed by atoms with E-state index < -0.39 is 54.0 Å².